The smallest absolute Gasteiger partial charge is 0.270 e. The van der Waals surface area contributed by atoms with Crippen molar-refractivity contribution in [1.82, 2.24) is 15.6 Å². The first kappa shape index (κ1) is 17.7. The first-order valence-electron chi connectivity index (χ1n) is 8.15. The van der Waals surface area contributed by atoms with Gasteiger partial charge in [0, 0.05) is 6.04 Å². The second-order valence-corrected chi connectivity index (χ2v) is 5.80. The van der Waals surface area contributed by atoms with Gasteiger partial charge in [0.2, 0.25) is 0 Å². The lowest BCUT2D eigenvalue weighted by Crippen LogP contribution is -2.33. The van der Waals surface area contributed by atoms with Crippen LogP contribution in [0.1, 0.15) is 59.8 Å². The number of nitrogens with one attached hydrogen (secondary N) is 2. The van der Waals surface area contributed by atoms with E-state index in [9.17, 15) is 9.59 Å². The second kappa shape index (κ2) is 8.24. The van der Waals surface area contributed by atoms with Gasteiger partial charge in [-0.15, -0.1) is 0 Å². The highest BCUT2D eigenvalue weighted by molar-refractivity contribution is 5.96. The Kier molecular flexibility index (Phi) is 6.07. The highest BCUT2D eigenvalue weighted by Gasteiger charge is 2.15. The lowest BCUT2D eigenvalue weighted by molar-refractivity contribution is 0.0930. The van der Waals surface area contributed by atoms with Crippen LogP contribution in [-0.2, 0) is 0 Å². The van der Waals surface area contributed by atoms with Crippen LogP contribution < -0.4 is 10.6 Å². The van der Waals surface area contributed by atoms with E-state index in [1.165, 1.54) is 0 Å². The van der Waals surface area contributed by atoms with E-state index in [0.717, 1.165) is 12.0 Å². The van der Waals surface area contributed by atoms with Crippen molar-refractivity contribution in [2.24, 2.45) is 0 Å². The van der Waals surface area contributed by atoms with Gasteiger partial charge in [-0.2, -0.15) is 0 Å². The molecule has 0 aliphatic carbocycles. The number of hydrogen-bond acceptors (Lipinski definition) is 3. The van der Waals surface area contributed by atoms with E-state index >= 15 is 0 Å². The summed E-state index contributed by atoms with van der Waals surface area (Å²) in [7, 11) is 0. The highest BCUT2D eigenvalue weighted by atomic mass is 16.2. The fourth-order valence-electron chi connectivity index (χ4n) is 2.18. The molecule has 2 unspecified atom stereocenters. The van der Waals surface area contributed by atoms with Gasteiger partial charge in [0.05, 0.1) is 6.04 Å². The Morgan fingerprint density at radius 3 is 2.08 bits per heavy atom. The average Bonchev–Trinajstić information content (AvgIpc) is 2.62. The zero-order chi connectivity index (χ0) is 17.5. The molecule has 126 valence electrons. The van der Waals surface area contributed by atoms with Gasteiger partial charge in [0.1, 0.15) is 11.4 Å². The Morgan fingerprint density at radius 1 is 0.917 bits per heavy atom. The molecule has 2 N–H and O–H groups in total. The largest absolute Gasteiger partial charge is 0.348 e. The van der Waals surface area contributed by atoms with Crippen LogP contribution in [0.5, 0.6) is 0 Å². The Morgan fingerprint density at radius 2 is 1.50 bits per heavy atom. The van der Waals surface area contributed by atoms with Gasteiger partial charge in [0.15, 0.2) is 0 Å². The van der Waals surface area contributed by atoms with Crippen molar-refractivity contribution in [1.29, 1.82) is 0 Å². The number of aromatic nitrogens is 1. The fourth-order valence-corrected chi connectivity index (χ4v) is 2.18. The molecule has 1 aromatic heterocycles. The summed E-state index contributed by atoms with van der Waals surface area (Å²) in [4.78, 5) is 28.7. The van der Waals surface area contributed by atoms with Gasteiger partial charge in [-0.1, -0.05) is 43.3 Å². The predicted molar refractivity (Wildman–Crippen MR) is 93.8 cm³/mol. The predicted octanol–water partition coefficient (Wildman–Crippen LogP) is 3.10. The molecule has 5 heteroatoms. The number of nitrogens with zero attached hydrogens (tertiary/aromatic N) is 1. The van der Waals surface area contributed by atoms with Crippen molar-refractivity contribution in [3.8, 4) is 0 Å². The number of rotatable bonds is 6. The molecule has 1 heterocycles. The normalized spacial score (nSPS) is 13.0. The van der Waals surface area contributed by atoms with Gasteiger partial charge < -0.3 is 10.6 Å². The molecule has 5 nitrogen and oxygen atoms in total. The molecule has 2 amide bonds. The van der Waals surface area contributed by atoms with Crippen LogP contribution in [0.4, 0.5) is 0 Å². The average molecular weight is 325 g/mol. The molecule has 0 spiro atoms. The Bertz CT molecular complexity index is 701. The monoisotopic (exact) mass is 325 g/mol. The summed E-state index contributed by atoms with van der Waals surface area (Å²) in [5.74, 6) is -0.570. The molecule has 2 atom stereocenters. The molecular weight excluding hydrogens is 302 g/mol. The minimum Gasteiger partial charge on any atom is -0.348 e. The molecule has 0 aliphatic rings. The van der Waals surface area contributed by atoms with Crippen LogP contribution in [-0.4, -0.2) is 22.8 Å². The first-order valence-corrected chi connectivity index (χ1v) is 8.15. The maximum Gasteiger partial charge on any atom is 0.270 e. The zero-order valence-electron chi connectivity index (χ0n) is 14.2. The van der Waals surface area contributed by atoms with Crippen LogP contribution in [0.3, 0.4) is 0 Å². The van der Waals surface area contributed by atoms with Gasteiger partial charge >= 0.3 is 0 Å². The minimum absolute atomic E-state index is 0.0647. The topological polar surface area (TPSA) is 71.1 Å². The molecule has 24 heavy (non-hydrogen) atoms. The molecule has 2 aromatic rings. The second-order valence-electron chi connectivity index (χ2n) is 5.80. The van der Waals surface area contributed by atoms with Crippen LogP contribution in [0.25, 0.3) is 0 Å². The van der Waals surface area contributed by atoms with Crippen molar-refractivity contribution in [2.75, 3.05) is 0 Å². The quantitative estimate of drug-likeness (QED) is 0.857. The van der Waals surface area contributed by atoms with Gasteiger partial charge in [-0.05, 0) is 38.0 Å². The number of benzene rings is 1. The van der Waals surface area contributed by atoms with E-state index in [-0.39, 0.29) is 35.3 Å². The summed E-state index contributed by atoms with van der Waals surface area (Å²) in [5, 5.41) is 5.74. The van der Waals surface area contributed by atoms with Gasteiger partial charge in [-0.3, -0.25) is 9.59 Å². The Balaban J connectivity index is 2.07. The number of carbonyl (C=O) groups excluding carboxylic acids is 2. The van der Waals surface area contributed by atoms with Crippen molar-refractivity contribution in [2.45, 2.75) is 39.3 Å². The molecule has 0 aliphatic heterocycles. The zero-order valence-corrected chi connectivity index (χ0v) is 14.2. The van der Waals surface area contributed by atoms with E-state index in [4.69, 9.17) is 0 Å². The minimum atomic E-state index is -0.301. The summed E-state index contributed by atoms with van der Waals surface area (Å²) in [6, 6.07) is 14.5. The third kappa shape index (κ3) is 4.65. The number of pyridine rings is 1. The molecule has 1 aromatic carbocycles. The third-order valence-electron chi connectivity index (χ3n) is 3.85. The molecule has 2 rings (SSSR count). The van der Waals surface area contributed by atoms with Crippen molar-refractivity contribution >= 4 is 11.8 Å². The highest BCUT2D eigenvalue weighted by Crippen LogP contribution is 2.12. The number of hydrogen-bond donors (Lipinski definition) is 2. The maximum atomic E-state index is 12.4. The van der Waals surface area contributed by atoms with Crippen molar-refractivity contribution < 1.29 is 9.59 Å². The van der Waals surface area contributed by atoms with Crippen molar-refractivity contribution in [3.63, 3.8) is 0 Å². The summed E-state index contributed by atoms with van der Waals surface area (Å²) in [6.45, 7) is 5.83. The summed E-state index contributed by atoms with van der Waals surface area (Å²) >= 11 is 0. The first-order chi connectivity index (χ1) is 11.5. The van der Waals surface area contributed by atoms with Crippen LogP contribution >= 0.6 is 0 Å². The standard InChI is InChI=1S/C19H23N3O2/c1-4-13(2)20-18(23)16-11-8-12-17(22-16)19(24)21-14(3)15-9-6-5-7-10-15/h5-14H,4H2,1-3H3,(H,20,23)(H,21,24). The summed E-state index contributed by atoms with van der Waals surface area (Å²) < 4.78 is 0. The van der Waals surface area contributed by atoms with E-state index in [1.807, 2.05) is 51.1 Å². The number of carbonyl (C=O) groups is 2. The lowest BCUT2D eigenvalue weighted by atomic mass is 10.1. The van der Waals surface area contributed by atoms with Crippen LogP contribution in [0.2, 0.25) is 0 Å². The number of amides is 2. The lowest BCUT2D eigenvalue weighted by Gasteiger charge is -2.14. The Labute approximate surface area is 142 Å². The molecule has 0 saturated heterocycles. The summed E-state index contributed by atoms with van der Waals surface area (Å²) in [5.41, 5.74) is 1.49. The van der Waals surface area contributed by atoms with E-state index in [1.54, 1.807) is 18.2 Å². The summed E-state index contributed by atoms with van der Waals surface area (Å²) in [6.07, 6.45) is 0.834. The molecule has 0 bridgehead atoms. The molecule has 0 fully saturated rings. The maximum absolute atomic E-state index is 12.4. The van der Waals surface area contributed by atoms with Crippen LogP contribution in [0, 0.1) is 0 Å². The molecular formula is C19H23N3O2. The van der Waals surface area contributed by atoms with Crippen molar-refractivity contribution in [3.05, 3.63) is 65.5 Å². The van der Waals surface area contributed by atoms with E-state index < -0.39 is 0 Å². The van der Waals surface area contributed by atoms with Gasteiger partial charge in [-0.25, -0.2) is 4.98 Å². The van der Waals surface area contributed by atoms with E-state index in [0.29, 0.717) is 0 Å². The SMILES string of the molecule is CCC(C)NC(=O)c1cccc(C(=O)NC(C)c2ccccc2)n1. The molecule has 0 radical (unpaired) electrons. The Hall–Kier alpha value is -2.69. The third-order valence-corrected chi connectivity index (χ3v) is 3.85. The van der Waals surface area contributed by atoms with Gasteiger partial charge in [0.25, 0.3) is 11.8 Å². The van der Waals surface area contributed by atoms with E-state index in [2.05, 4.69) is 15.6 Å². The van der Waals surface area contributed by atoms with Crippen LogP contribution in [0.15, 0.2) is 48.5 Å². The molecule has 0 saturated carbocycles. The fraction of sp³-hybridized carbons (Fsp3) is 0.316.